The van der Waals surface area contributed by atoms with Crippen LogP contribution in [-0.4, -0.2) is 22.1 Å². The Morgan fingerprint density at radius 3 is 2.33 bits per heavy atom. The van der Waals surface area contributed by atoms with Crippen LogP contribution in [0.2, 0.25) is 0 Å². The van der Waals surface area contributed by atoms with Crippen molar-refractivity contribution in [2.75, 3.05) is 5.32 Å². The number of aromatic carboxylic acids is 1. The van der Waals surface area contributed by atoms with Crippen molar-refractivity contribution in [1.29, 1.82) is 0 Å². The Hall–Kier alpha value is -2.89. The maximum absolute atomic E-state index is 12.7. The van der Waals surface area contributed by atoms with Crippen molar-refractivity contribution in [3.63, 3.8) is 0 Å². The second-order valence-electron chi connectivity index (χ2n) is 4.39. The van der Waals surface area contributed by atoms with Crippen LogP contribution in [-0.2, 0) is 11.2 Å². The van der Waals surface area contributed by atoms with Gasteiger partial charge in [0, 0.05) is 11.8 Å². The predicted octanol–water partition coefficient (Wildman–Crippen LogP) is 2.41. The number of aromatic hydroxyl groups is 1. The minimum Gasteiger partial charge on any atom is -0.507 e. The monoisotopic (exact) mass is 289 g/mol. The number of nitrogens with one attached hydrogen (secondary N) is 1. The summed E-state index contributed by atoms with van der Waals surface area (Å²) in [4.78, 5) is 22.5. The standard InChI is InChI=1S/C15H12FNO4/c16-10-3-1-9(2-4-10)7-14(19)17-11-5-6-12(15(20)21)13(18)8-11/h1-6,8,18H,7H2,(H,17,19)(H,20,21). The summed E-state index contributed by atoms with van der Waals surface area (Å²) in [5, 5.41) is 20.8. The molecule has 2 aromatic rings. The molecule has 2 aromatic carbocycles. The highest BCUT2D eigenvalue weighted by molar-refractivity contribution is 5.95. The molecule has 2 rings (SSSR count). The number of benzene rings is 2. The lowest BCUT2D eigenvalue weighted by atomic mass is 10.1. The van der Waals surface area contributed by atoms with Crippen molar-refractivity contribution in [2.24, 2.45) is 0 Å². The number of carboxylic acids is 1. The molecule has 3 N–H and O–H groups in total. The fourth-order valence-electron chi connectivity index (χ4n) is 1.78. The average Bonchev–Trinajstić information content (AvgIpc) is 2.41. The van der Waals surface area contributed by atoms with Crippen LogP contribution in [0.3, 0.4) is 0 Å². The molecule has 0 aromatic heterocycles. The number of carboxylic acid groups (broad SMARTS) is 1. The van der Waals surface area contributed by atoms with Crippen molar-refractivity contribution in [1.82, 2.24) is 0 Å². The van der Waals surface area contributed by atoms with Crippen molar-refractivity contribution < 1.29 is 24.2 Å². The van der Waals surface area contributed by atoms with E-state index in [-0.39, 0.29) is 29.4 Å². The smallest absolute Gasteiger partial charge is 0.339 e. The Morgan fingerprint density at radius 2 is 1.76 bits per heavy atom. The van der Waals surface area contributed by atoms with Gasteiger partial charge in [-0.05, 0) is 29.8 Å². The molecular weight excluding hydrogens is 277 g/mol. The average molecular weight is 289 g/mol. The lowest BCUT2D eigenvalue weighted by molar-refractivity contribution is -0.115. The largest absolute Gasteiger partial charge is 0.507 e. The van der Waals surface area contributed by atoms with Crippen LogP contribution in [0, 0.1) is 5.82 Å². The summed E-state index contributed by atoms with van der Waals surface area (Å²) in [7, 11) is 0. The Kier molecular flexibility index (Phi) is 4.18. The fourth-order valence-corrected chi connectivity index (χ4v) is 1.78. The second-order valence-corrected chi connectivity index (χ2v) is 4.39. The third-order valence-electron chi connectivity index (χ3n) is 2.79. The summed E-state index contributed by atoms with van der Waals surface area (Å²) in [5.41, 5.74) is 0.677. The Bertz CT molecular complexity index is 683. The number of carbonyl (C=O) groups excluding carboxylic acids is 1. The molecule has 0 bridgehead atoms. The highest BCUT2D eigenvalue weighted by Gasteiger charge is 2.11. The molecule has 0 aliphatic carbocycles. The number of anilines is 1. The highest BCUT2D eigenvalue weighted by atomic mass is 19.1. The van der Waals surface area contributed by atoms with E-state index < -0.39 is 11.7 Å². The number of hydrogen-bond donors (Lipinski definition) is 3. The van der Waals surface area contributed by atoms with E-state index in [1.165, 1.54) is 36.4 Å². The maximum atomic E-state index is 12.7. The van der Waals surface area contributed by atoms with Gasteiger partial charge >= 0.3 is 5.97 Å². The van der Waals surface area contributed by atoms with E-state index in [0.29, 0.717) is 5.56 Å². The third kappa shape index (κ3) is 3.79. The van der Waals surface area contributed by atoms with Crippen LogP contribution in [0.5, 0.6) is 5.75 Å². The molecule has 0 radical (unpaired) electrons. The Morgan fingerprint density at radius 1 is 1.10 bits per heavy atom. The van der Waals surface area contributed by atoms with E-state index in [1.54, 1.807) is 0 Å². The van der Waals surface area contributed by atoms with Gasteiger partial charge in [0.05, 0.1) is 6.42 Å². The normalized spacial score (nSPS) is 10.1. The van der Waals surface area contributed by atoms with Crippen molar-refractivity contribution in [3.05, 3.63) is 59.4 Å². The van der Waals surface area contributed by atoms with Gasteiger partial charge in [0.25, 0.3) is 0 Å². The molecule has 0 saturated carbocycles. The first-order valence-electron chi connectivity index (χ1n) is 6.06. The number of halogens is 1. The number of phenols is 1. The van der Waals surface area contributed by atoms with Crippen LogP contribution in [0.25, 0.3) is 0 Å². The fraction of sp³-hybridized carbons (Fsp3) is 0.0667. The van der Waals surface area contributed by atoms with Gasteiger partial charge < -0.3 is 15.5 Å². The van der Waals surface area contributed by atoms with Crippen molar-refractivity contribution in [3.8, 4) is 5.75 Å². The number of hydrogen-bond acceptors (Lipinski definition) is 3. The molecule has 0 heterocycles. The molecule has 1 amide bonds. The topological polar surface area (TPSA) is 86.6 Å². The van der Waals surface area contributed by atoms with Crippen LogP contribution in [0.4, 0.5) is 10.1 Å². The Labute approximate surface area is 119 Å². The van der Waals surface area contributed by atoms with Gasteiger partial charge in [-0.25, -0.2) is 9.18 Å². The summed E-state index contributed by atoms with van der Waals surface area (Å²) in [6.45, 7) is 0. The molecule has 0 aliphatic heterocycles. The summed E-state index contributed by atoms with van der Waals surface area (Å²) in [6, 6.07) is 9.26. The molecule has 6 heteroatoms. The highest BCUT2D eigenvalue weighted by Crippen LogP contribution is 2.22. The van der Waals surface area contributed by atoms with E-state index in [0.717, 1.165) is 6.07 Å². The lowest BCUT2D eigenvalue weighted by Crippen LogP contribution is -2.14. The van der Waals surface area contributed by atoms with Crippen LogP contribution in [0.1, 0.15) is 15.9 Å². The Balaban J connectivity index is 2.04. The van der Waals surface area contributed by atoms with Gasteiger partial charge in [0.15, 0.2) is 0 Å². The van der Waals surface area contributed by atoms with Crippen LogP contribution < -0.4 is 5.32 Å². The molecular formula is C15H12FNO4. The number of carbonyl (C=O) groups is 2. The van der Waals surface area contributed by atoms with E-state index in [1.807, 2.05) is 0 Å². The minimum atomic E-state index is -1.25. The van der Waals surface area contributed by atoms with Gasteiger partial charge in [-0.15, -0.1) is 0 Å². The number of amides is 1. The van der Waals surface area contributed by atoms with Gasteiger partial charge in [0.2, 0.25) is 5.91 Å². The van der Waals surface area contributed by atoms with Crippen LogP contribution >= 0.6 is 0 Å². The molecule has 0 unspecified atom stereocenters. The summed E-state index contributed by atoms with van der Waals surface area (Å²) in [5.74, 6) is -2.42. The first-order chi connectivity index (χ1) is 9.95. The zero-order valence-corrected chi connectivity index (χ0v) is 10.8. The molecule has 5 nitrogen and oxygen atoms in total. The summed E-state index contributed by atoms with van der Waals surface area (Å²) in [6.07, 6.45) is 0.0434. The second kappa shape index (κ2) is 6.04. The molecule has 0 atom stereocenters. The first kappa shape index (κ1) is 14.5. The van der Waals surface area contributed by atoms with Gasteiger partial charge in [0.1, 0.15) is 17.1 Å². The van der Waals surface area contributed by atoms with Gasteiger partial charge in [-0.2, -0.15) is 0 Å². The third-order valence-corrected chi connectivity index (χ3v) is 2.79. The first-order valence-corrected chi connectivity index (χ1v) is 6.06. The SMILES string of the molecule is O=C(Cc1ccc(F)cc1)Nc1ccc(C(=O)O)c(O)c1. The summed E-state index contributed by atoms with van der Waals surface area (Å²) >= 11 is 0. The molecule has 21 heavy (non-hydrogen) atoms. The van der Waals surface area contributed by atoms with Crippen LogP contribution in [0.15, 0.2) is 42.5 Å². The quantitative estimate of drug-likeness (QED) is 0.806. The van der Waals surface area contributed by atoms with E-state index in [4.69, 9.17) is 5.11 Å². The molecule has 0 saturated heterocycles. The predicted molar refractivity (Wildman–Crippen MR) is 73.8 cm³/mol. The van der Waals surface area contributed by atoms with Crippen molar-refractivity contribution in [2.45, 2.75) is 6.42 Å². The van der Waals surface area contributed by atoms with E-state index in [2.05, 4.69) is 5.32 Å². The zero-order chi connectivity index (χ0) is 15.4. The maximum Gasteiger partial charge on any atom is 0.339 e. The summed E-state index contributed by atoms with van der Waals surface area (Å²) < 4.78 is 12.7. The lowest BCUT2D eigenvalue weighted by Gasteiger charge is -2.07. The van der Waals surface area contributed by atoms with Gasteiger partial charge in [-0.1, -0.05) is 12.1 Å². The molecule has 0 spiro atoms. The molecule has 0 aliphatic rings. The molecule has 0 fully saturated rings. The van der Waals surface area contributed by atoms with E-state index in [9.17, 15) is 19.1 Å². The zero-order valence-electron chi connectivity index (χ0n) is 10.8. The number of rotatable bonds is 4. The van der Waals surface area contributed by atoms with Crippen molar-refractivity contribution >= 4 is 17.6 Å². The van der Waals surface area contributed by atoms with E-state index >= 15 is 0 Å². The van der Waals surface area contributed by atoms with Gasteiger partial charge in [-0.3, -0.25) is 4.79 Å². The molecule has 108 valence electrons. The minimum absolute atomic E-state index is 0.0434.